The highest BCUT2D eigenvalue weighted by Gasteiger charge is 2.21. The number of benzene rings is 3. The van der Waals surface area contributed by atoms with Crippen LogP contribution in [0, 0.1) is 0 Å². The minimum absolute atomic E-state index is 0.0735. The first-order valence-corrected chi connectivity index (χ1v) is 14.6. The van der Waals surface area contributed by atoms with Crippen LogP contribution in [0.15, 0.2) is 88.6 Å². The van der Waals surface area contributed by atoms with Crippen molar-refractivity contribution in [1.82, 2.24) is 14.8 Å². The van der Waals surface area contributed by atoms with Crippen molar-refractivity contribution in [3.05, 3.63) is 95.5 Å². The average Bonchev–Trinajstić information content (AvgIpc) is 3.40. The Morgan fingerprint density at radius 1 is 0.947 bits per heavy atom. The summed E-state index contributed by atoms with van der Waals surface area (Å²) in [6, 6.07) is 24.2. The third-order valence-corrected chi connectivity index (χ3v) is 8.52. The van der Waals surface area contributed by atoms with E-state index in [9.17, 15) is 9.59 Å². The number of anilines is 1. The van der Waals surface area contributed by atoms with Gasteiger partial charge in [0.25, 0.3) is 0 Å². The molecule has 1 N–H and O–H groups in total. The summed E-state index contributed by atoms with van der Waals surface area (Å²) in [5.41, 5.74) is 2.78. The number of nitrogens with zero attached hydrogens (tertiary/aromatic N) is 3. The third-order valence-electron chi connectivity index (χ3n) is 6.45. The smallest absolute Gasteiger partial charge is 0.234 e. The SMILES string of the molecule is O=C(CSc1nc(CC(=O)N2CCN(C/C=C/c3ccccc3)CC2)cs1)Nc1cccc2ccccc12. The molecule has 1 aliphatic heterocycles. The number of hydrogen-bond donors (Lipinski definition) is 1. The quantitative estimate of drug-likeness (QED) is 0.286. The lowest BCUT2D eigenvalue weighted by Crippen LogP contribution is -2.49. The number of amides is 2. The van der Waals surface area contributed by atoms with Gasteiger partial charge in [0.1, 0.15) is 0 Å². The standard InChI is InChI=1S/C30H30N4O2S2/c35-28(32-27-14-6-12-24-11-4-5-13-26(24)27)22-38-30-31-25(21-37-30)20-29(36)34-18-16-33(17-19-34)15-7-10-23-8-2-1-3-9-23/h1-14,21H,15-20,22H2,(H,32,35)/b10-7+. The summed E-state index contributed by atoms with van der Waals surface area (Å²) in [7, 11) is 0. The van der Waals surface area contributed by atoms with Crippen molar-refractivity contribution in [2.45, 2.75) is 10.8 Å². The number of fused-ring (bicyclic) bond motifs is 1. The topological polar surface area (TPSA) is 65.5 Å². The molecule has 1 saturated heterocycles. The molecule has 8 heteroatoms. The van der Waals surface area contributed by atoms with E-state index in [-0.39, 0.29) is 17.6 Å². The van der Waals surface area contributed by atoms with Crippen LogP contribution in [0.2, 0.25) is 0 Å². The fraction of sp³-hybridized carbons (Fsp3) is 0.233. The van der Waals surface area contributed by atoms with Crippen LogP contribution in [0.25, 0.3) is 16.8 Å². The summed E-state index contributed by atoms with van der Waals surface area (Å²) < 4.78 is 0.802. The van der Waals surface area contributed by atoms with E-state index in [1.165, 1.54) is 28.7 Å². The number of carbonyl (C=O) groups excluding carboxylic acids is 2. The number of piperazine rings is 1. The molecule has 5 rings (SSSR count). The van der Waals surface area contributed by atoms with Gasteiger partial charge in [0, 0.05) is 49.2 Å². The Bertz CT molecular complexity index is 1410. The lowest BCUT2D eigenvalue weighted by molar-refractivity contribution is -0.132. The minimum atomic E-state index is -0.0735. The summed E-state index contributed by atoms with van der Waals surface area (Å²) >= 11 is 2.88. The number of rotatable bonds is 9. The molecular weight excluding hydrogens is 512 g/mol. The van der Waals surface area contributed by atoms with Gasteiger partial charge in [0.05, 0.1) is 17.9 Å². The van der Waals surface area contributed by atoms with Crippen LogP contribution >= 0.6 is 23.1 Å². The van der Waals surface area contributed by atoms with Crippen molar-refractivity contribution in [3.8, 4) is 0 Å². The molecule has 0 aliphatic carbocycles. The highest BCUT2D eigenvalue weighted by Crippen LogP contribution is 2.26. The van der Waals surface area contributed by atoms with Gasteiger partial charge in [-0.2, -0.15) is 0 Å². The van der Waals surface area contributed by atoms with Crippen LogP contribution < -0.4 is 5.32 Å². The number of thiazole rings is 1. The Kier molecular flexibility index (Phi) is 8.86. The predicted molar refractivity (Wildman–Crippen MR) is 158 cm³/mol. The first kappa shape index (κ1) is 26.2. The molecule has 2 heterocycles. The second-order valence-electron chi connectivity index (χ2n) is 9.14. The Hall–Kier alpha value is -3.46. The summed E-state index contributed by atoms with van der Waals surface area (Å²) in [4.78, 5) is 34.3. The molecule has 0 unspecified atom stereocenters. The Labute approximate surface area is 231 Å². The van der Waals surface area contributed by atoms with Crippen molar-refractivity contribution < 1.29 is 9.59 Å². The van der Waals surface area contributed by atoms with Crippen molar-refractivity contribution >= 4 is 57.4 Å². The van der Waals surface area contributed by atoms with E-state index in [1.54, 1.807) is 0 Å². The van der Waals surface area contributed by atoms with Gasteiger partial charge in [-0.3, -0.25) is 14.5 Å². The highest BCUT2D eigenvalue weighted by atomic mass is 32.2. The van der Waals surface area contributed by atoms with Gasteiger partial charge in [-0.1, -0.05) is 90.6 Å². The maximum Gasteiger partial charge on any atom is 0.234 e. The van der Waals surface area contributed by atoms with Crippen molar-refractivity contribution in [2.24, 2.45) is 0 Å². The van der Waals surface area contributed by atoms with Gasteiger partial charge in [0.2, 0.25) is 11.8 Å². The van der Waals surface area contributed by atoms with Crippen LogP contribution in [0.1, 0.15) is 11.3 Å². The first-order chi connectivity index (χ1) is 18.6. The van der Waals surface area contributed by atoms with E-state index >= 15 is 0 Å². The predicted octanol–water partition coefficient (Wildman–Crippen LogP) is 5.43. The molecule has 0 atom stereocenters. The van der Waals surface area contributed by atoms with Gasteiger partial charge < -0.3 is 10.2 Å². The molecule has 194 valence electrons. The number of aromatic nitrogens is 1. The van der Waals surface area contributed by atoms with Crippen LogP contribution in [0.3, 0.4) is 0 Å². The third kappa shape index (κ3) is 7.10. The van der Waals surface area contributed by atoms with Crippen molar-refractivity contribution in [2.75, 3.05) is 43.8 Å². The van der Waals surface area contributed by atoms with Crippen molar-refractivity contribution in [3.63, 3.8) is 0 Å². The van der Waals surface area contributed by atoms with Gasteiger partial charge in [-0.25, -0.2) is 4.98 Å². The molecule has 2 amide bonds. The van der Waals surface area contributed by atoms with Crippen molar-refractivity contribution in [1.29, 1.82) is 0 Å². The second kappa shape index (κ2) is 12.9. The van der Waals surface area contributed by atoms with E-state index in [0.717, 1.165) is 59.2 Å². The molecule has 1 aliphatic rings. The van der Waals surface area contributed by atoms with E-state index in [2.05, 4.69) is 39.5 Å². The zero-order valence-electron chi connectivity index (χ0n) is 21.1. The molecule has 0 bridgehead atoms. The summed E-state index contributed by atoms with van der Waals surface area (Å²) in [5.74, 6) is 0.306. The molecule has 4 aromatic rings. The average molecular weight is 543 g/mol. The first-order valence-electron chi connectivity index (χ1n) is 12.7. The number of hydrogen-bond acceptors (Lipinski definition) is 6. The van der Waals surface area contributed by atoms with Gasteiger partial charge in [-0.05, 0) is 17.0 Å². The van der Waals surface area contributed by atoms with Gasteiger partial charge in [-0.15, -0.1) is 11.3 Å². The summed E-state index contributed by atoms with van der Waals surface area (Å²) in [5, 5.41) is 7.05. The molecule has 1 fully saturated rings. The second-order valence-corrected chi connectivity index (χ2v) is 11.2. The number of carbonyl (C=O) groups is 2. The van der Waals surface area contributed by atoms with Crippen LogP contribution in [0.5, 0.6) is 0 Å². The normalized spacial score (nSPS) is 14.3. The minimum Gasteiger partial charge on any atom is -0.340 e. The molecule has 1 aromatic heterocycles. The Morgan fingerprint density at radius 2 is 1.71 bits per heavy atom. The van der Waals surface area contributed by atoms with E-state index in [0.29, 0.717) is 6.42 Å². The summed E-state index contributed by atoms with van der Waals surface area (Å²) in [6.07, 6.45) is 4.62. The monoisotopic (exact) mass is 542 g/mol. The molecule has 6 nitrogen and oxygen atoms in total. The maximum absolute atomic E-state index is 12.8. The van der Waals surface area contributed by atoms with E-state index < -0.39 is 0 Å². The molecule has 3 aromatic carbocycles. The largest absolute Gasteiger partial charge is 0.340 e. The maximum atomic E-state index is 12.8. The van der Waals surface area contributed by atoms with Gasteiger partial charge in [0.15, 0.2) is 4.34 Å². The summed E-state index contributed by atoms with van der Waals surface area (Å²) in [6.45, 7) is 4.09. The molecule has 0 spiro atoms. The lowest BCUT2D eigenvalue weighted by Gasteiger charge is -2.34. The van der Waals surface area contributed by atoms with Gasteiger partial charge >= 0.3 is 0 Å². The zero-order valence-corrected chi connectivity index (χ0v) is 22.7. The zero-order chi connectivity index (χ0) is 26.2. The molecule has 0 saturated carbocycles. The molecule has 0 radical (unpaired) electrons. The highest BCUT2D eigenvalue weighted by molar-refractivity contribution is 8.01. The fourth-order valence-electron chi connectivity index (χ4n) is 4.43. The van der Waals surface area contributed by atoms with Crippen LogP contribution in [-0.2, 0) is 16.0 Å². The molecular formula is C30H30N4O2S2. The Morgan fingerprint density at radius 3 is 2.55 bits per heavy atom. The van der Waals surface area contributed by atoms with E-state index in [4.69, 9.17) is 0 Å². The number of thioether (sulfide) groups is 1. The molecule has 38 heavy (non-hydrogen) atoms. The number of nitrogens with one attached hydrogen (secondary N) is 1. The lowest BCUT2D eigenvalue weighted by atomic mass is 10.1. The Balaban J connectivity index is 1.04. The van der Waals surface area contributed by atoms with Crippen LogP contribution in [-0.4, -0.2) is 65.1 Å². The van der Waals surface area contributed by atoms with E-state index in [1.807, 2.05) is 70.9 Å². The fourth-order valence-corrected chi connectivity index (χ4v) is 6.08. The van der Waals surface area contributed by atoms with Crippen LogP contribution in [0.4, 0.5) is 5.69 Å².